The van der Waals surface area contributed by atoms with E-state index in [0.717, 1.165) is 12.8 Å². The molecular weight excluding hydrogens is 431 g/mol. The van der Waals surface area contributed by atoms with Crippen molar-refractivity contribution in [2.75, 3.05) is 0 Å². The summed E-state index contributed by atoms with van der Waals surface area (Å²) in [5.41, 5.74) is 1.02. The van der Waals surface area contributed by atoms with Crippen molar-refractivity contribution in [2.45, 2.75) is 30.7 Å². The van der Waals surface area contributed by atoms with E-state index in [1.165, 1.54) is 11.8 Å². The van der Waals surface area contributed by atoms with Gasteiger partial charge in [0.25, 0.3) is 5.56 Å². The van der Waals surface area contributed by atoms with Gasteiger partial charge in [-0.1, -0.05) is 47.0 Å². The molecule has 2 heterocycles. The first-order chi connectivity index (χ1) is 14.0. The first kappa shape index (κ1) is 19.9. The fourth-order valence-electron chi connectivity index (χ4n) is 2.85. The van der Waals surface area contributed by atoms with Crippen LogP contribution in [0.15, 0.2) is 56.9 Å². The molecule has 0 saturated heterocycles. The molecule has 0 unspecified atom stereocenters. The number of fused-ring (bicyclic) bond motifs is 1. The zero-order valence-corrected chi connectivity index (χ0v) is 17.8. The normalized spacial score (nSPS) is 11.3. The second-order valence-corrected chi connectivity index (χ2v) is 8.13. The Kier molecular flexibility index (Phi) is 5.89. The number of aryl methyl sites for hydroxylation is 1. The third-order valence-electron chi connectivity index (χ3n) is 4.19. The number of benzene rings is 2. The topological polar surface area (TPSA) is 73.8 Å². The molecule has 6 nitrogen and oxygen atoms in total. The van der Waals surface area contributed by atoms with Crippen LogP contribution < -0.4 is 5.56 Å². The van der Waals surface area contributed by atoms with E-state index in [1.807, 2.05) is 0 Å². The molecule has 0 N–H and O–H groups in total. The Balaban J connectivity index is 1.78. The van der Waals surface area contributed by atoms with Crippen LogP contribution >= 0.6 is 35.0 Å². The minimum atomic E-state index is -0.186. The Bertz CT molecular complexity index is 1220. The van der Waals surface area contributed by atoms with Gasteiger partial charge in [-0.25, -0.2) is 4.98 Å². The van der Waals surface area contributed by atoms with Crippen molar-refractivity contribution in [1.29, 1.82) is 0 Å². The van der Waals surface area contributed by atoms with Crippen LogP contribution in [-0.4, -0.2) is 19.7 Å². The van der Waals surface area contributed by atoms with Crippen molar-refractivity contribution in [3.8, 4) is 5.69 Å². The number of rotatable bonds is 6. The van der Waals surface area contributed by atoms with E-state index in [-0.39, 0.29) is 5.56 Å². The van der Waals surface area contributed by atoms with E-state index in [9.17, 15) is 4.79 Å². The molecule has 0 bridgehead atoms. The maximum atomic E-state index is 13.2. The first-order valence-electron chi connectivity index (χ1n) is 8.97. The lowest BCUT2D eigenvalue weighted by molar-refractivity contribution is 0.384. The van der Waals surface area contributed by atoms with Crippen molar-refractivity contribution >= 4 is 45.9 Å². The van der Waals surface area contributed by atoms with Gasteiger partial charge >= 0.3 is 0 Å². The van der Waals surface area contributed by atoms with Gasteiger partial charge in [-0.15, -0.1) is 0 Å². The van der Waals surface area contributed by atoms with Crippen molar-refractivity contribution in [3.05, 3.63) is 74.6 Å². The minimum Gasteiger partial charge on any atom is -0.338 e. The van der Waals surface area contributed by atoms with Crippen molar-refractivity contribution in [1.82, 2.24) is 19.7 Å². The summed E-state index contributed by atoms with van der Waals surface area (Å²) in [7, 11) is 0. The van der Waals surface area contributed by atoms with Gasteiger partial charge in [0.15, 0.2) is 11.0 Å². The van der Waals surface area contributed by atoms with Crippen LogP contribution in [0.3, 0.4) is 0 Å². The number of nitrogens with zero attached hydrogens (tertiary/aromatic N) is 4. The van der Waals surface area contributed by atoms with E-state index >= 15 is 0 Å². The zero-order chi connectivity index (χ0) is 20.4. The molecule has 2 aromatic carbocycles. The number of aromatic nitrogens is 4. The molecule has 0 aliphatic carbocycles. The number of halogens is 2. The lowest BCUT2D eigenvalue weighted by atomic mass is 10.2. The summed E-state index contributed by atoms with van der Waals surface area (Å²) in [4.78, 5) is 22.3. The lowest BCUT2D eigenvalue weighted by Crippen LogP contribution is -2.21. The fraction of sp³-hybridized carbons (Fsp3) is 0.200. The van der Waals surface area contributed by atoms with E-state index in [4.69, 9.17) is 27.7 Å². The maximum absolute atomic E-state index is 13.2. The van der Waals surface area contributed by atoms with E-state index in [2.05, 4.69) is 22.0 Å². The van der Waals surface area contributed by atoms with E-state index in [0.29, 0.717) is 49.3 Å². The average molecular weight is 447 g/mol. The van der Waals surface area contributed by atoms with E-state index in [1.54, 1.807) is 47.0 Å². The number of thioether (sulfide) groups is 1. The molecule has 0 amide bonds. The van der Waals surface area contributed by atoms with E-state index < -0.39 is 0 Å². The molecule has 148 valence electrons. The molecule has 9 heteroatoms. The Hall–Kier alpha value is -2.35. The molecule has 4 rings (SSSR count). The van der Waals surface area contributed by atoms with Crippen molar-refractivity contribution < 1.29 is 4.52 Å². The summed E-state index contributed by atoms with van der Waals surface area (Å²) in [5, 5.41) is 6.06. The lowest BCUT2D eigenvalue weighted by Gasteiger charge is -2.13. The molecule has 2 aromatic heterocycles. The highest BCUT2D eigenvalue weighted by molar-refractivity contribution is 7.98. The third-order valence-corrected chi connectivity index (χ3v) is 5.60. The van der Waals surface area contributed by atoms with Gasteiger partial charge in [-0.05, 0) is 48.9 Å². The largest absolute Gasteiger partial charge is 0.338 e. The second-order valence-electron chi connectivity index (χ2n) is 6.32. The first-order valence-corrected chi connectivity index (χ1v) is 10.7. The molecule has 0 atom stereocenters. The van der Waals surface area contributed by atoms with Crippen LogP contribution in [0, 0.1) is 0 Å². The molecule has 0 spiro atoms. The van der Waals surface area contributed by atoms with Crippen LogP contribution in [-0.2, 0) is 12.2 Å². The van der Waals surface area contributed by atoms with Gasteiger partial charge in [0.2, 0.25) is 5.89 Å². The summed E-state index contributed by atoms with van der Waals surface area (Å²) in [6.07, 6.45) is 1.70. The van der Waals surface area contributed by atoms with Gasteiger partial charge in [-0.3, -0.25) is 9.36 Å². The predicted octanol–water partition coefficient (Wildman–Crippen LogP) is 5.32. The van der Waals surface area contributed by atoms with Crippen LogP contribution in [0.2, 0.25) is 10.0 Å². The van der Waals surface area contributed by atoms with Gasteiger partial charge < -0.3 is 4.52 Å². The SMILES string of the molecule is CCCc1noc(CSc2nc3cc(Cl)ccc3c(=O)n2-c2ccc(Cl)cc2)n1. The molecule has 4 aromatic rings. The van der Waals surface area contributed by atoms with Gasteiger partial charge in [0, 0.05) is 16.5 Å². The number of hydrogen-bond acceptors (Lipinski definition) is 6. The highest BCUT2D eigenvalue weighted by Crippen LogP contribution is 2.26. The quantitative estimate of drug-likeness (QED) is 0.294. The molecule has 0 aliphatic heterocycles. The maximum Gasteiger partial charge on any atom is 0.266 e. The summed E-state index contributed by atoms with van der Waals surface area (Å²) in [6, 6.07) is 12.1. The van der Waals surface area contributed by atoms with Crippen molar-refractivity contribution in [2.24, 2.45) is 0 Å². The Morgan fingerprint density at radius 2 is 1.83 bits per heavy atom. The average Bonchev–Trinajstić information content (AvgIpc) is 3.15. The molecule has 0 fully saturated rings. The molecule has 0 saturated carbocycles. The van der Waals surface area contributed by atoms with Crippen LogP contribution in [0.25, 0.3) is 16.6 Å². The summed E-state index contributed by atoms with van der Waals surface area (Å²) < 4.78 is 6.86. The zero-order valence-electron chi connectivity index (χ0n) is 15.4. The van der Waals surface area contributed by atoms with Crippen LogP contribution in [0.1, 0.15) is 25.1 Å². The Morgan fingerprint density at radius 1 is 1.07 bits per heavy atom. The van der Waals surface area contributed by atoms with Gasteiger partial charge in [0.05, 0.1) is 22.3 Å². The standard InChI is InChI=1S/C20H16Cl2N4O2S/c1-2-3-17-24-18(28-25-17)11-29-20-23-16-10-13(22)6-9-15(16)19(27)26(20)14-7-4-12(21)5-8-14/h4-10H,2-3,11H2,1H3. The molecular formula is C20H16Cl2N4O2S. The summed E-state index contributed by atoms with van der Waals surface area (Å²) in [6.45, 7) is 2.06. The molecule has 0 radical (unpaired) electrons. The monoisotopic (exact) mass is 446 g/mol. The fourth-order valence-corrected chi connectivity index (χ4v) is 4.00. The van der Waals surface area contributed by atoms with Crippen LogP contribution in [0.5, 0.6) is 0 Å². The predicted molar refractivity (Wildman–Crippen MR) is 115 cm³/mol. The summed E-state index contributed by atoms with van der Waals surface area (Å²) in [5.74, 6) is 1.56. The van der Waals surface area contributed by atoms with Crippen LogP contribution in [0.4, 0.5) is 0 Å². The van der Waals surface area contributed by atoms with Crippen molar-refractivity contribution in [3.63, 3.8) is 0 Å². The Labute approximate surface area is 180 Å². The Morgan fingerprint density at radius 3 is 2.59 bits per heavy atom. The highest BCUT2D eigenvalue weighted by atomic mass is 35.5. The molecule has 29 heavy (non-hydrogen) atoms. The smallest absolute Gasteiger partial charge is 0.266 e. The molecule has 0 aliphatic rings. The summed E-state index contributed by atoms with van der Waals surface area (Å²) >= 11 is 13.5. The highest BCUT2D eigenvalue weighted by Gasteiger charge is 2.15. The van der Waals surface area contributed by atoms with Gasteiger partial charge in [0.1, 0.15) is 0 Å². The second kappa shape index (κ2) is 8.57. The van der Waals surface area contributed by atoms with Gasteiger partial charge in [-0.2, -0.15) is 4.98 Å². The minimum absolute atomic E-state index is 0.186. The third kappa shape index (κ3) is 4.32. The number of hydrogen-bond donors (Lipinski definition) is 0.